The van der Waals surface area contributed by atoms with Crippen LogP contribution >= 0.6 is 11.3 Å². The fourth-order valence-electron chi connectivity index (χ4n) is 2.24. The number of nitrogens with zero attached hydrogens (tertiary/aromatic N) is 3. The van der Waals surface area contributed by atoms with Gasteiger partial charge in [0.1, 0.15) is 18.5 Å². The number of hydrogen-bond donors (Lipinski definition) is 1. The maximum Gasteiger partial charge on any atom is 0.137 e. The zero-order valence-corrected chi connectivity index (χ0v) is 12.0. The minimum absolute atomic E-state index is 0.170. The van der Waals surface area contributed by atoms with Crippen LogP contribution in [0.25, 0.3) is 10.1 Å². The third-order valence-corrected chi connectivity index (χ3v) is 4.37. The van der Waals surface area contributed by atoms with Gasteiger partial charge in [-0.15, -0.1) is 11.3 Å². The molecule has 0 bridgehead atoms. The van der Waals surface area contributed by atoms with Crippen molar-refractivity contribution in [2.75, 3.05) is 6.54 Å². The van der Waals surface area contributed by atoms with Crippen molar-refractivity contribution in [2.45, 2.75) is 20.0 Å². The van der Waals surface area contributed by atoms with Crippen LogP contribution in [0.2, 0.25) is 0 Å². The van der Waals surface area contributed by atoms with Crippen LogP contribution in [-0.2, 0) is 13.1 Å². The van der Waals surface area contributed by atoms with Gasteiger partial charge in [-0.3, -0.25) is 0 Å². The number of thiophene rings is 1. The number of fused-ring (bicyclic) bond motifs is 1. The van der Waals surface area contributed by atoms with E-state index in [1.807, 2.05) is 6.07 Å². The molecule has 3 aromatic rings. The van der Waals surface area contributed by atoms with Crippen molar-refractivity contribution in [1.29, 1.82) is 0 Å². The monoisotopic (exact) mass is 290 g/mol. The van der Waals surface area contributed by atoms with Gasteiger partial charge in [-0.2, -0.15) is 5.10 Å². The Morgan fingerprint density at radius 2 is 2.30 bits per heavy atom. The summed E-state index contributed by atoms with van der Waals surface area (Å²) in [5.74, 6) is -0.170. The van der Waals surface area contributed by atoms with Crippen LogP contribution in [-0.4, -0.2) is 21.3 Å². The van der Waals surface area contributed by atoms with E-state index in [2.05, 4.69) is 22.3 Å². The van der Waals surface area contributed by atoms with Crippen molar-refractivity contribution in [3.8, 4) is 0 Å². The number of rotatable bonds is 5. The third-order valence-electron chi connectivity index (χ3n) is 3.17. The van der Waals surface area contributed by atoms with Gasteiger partial charge in [-0.25, -0.2) is 14.1 Å². The summed E-state index contributed by atoms with van der Waals surface area (Å²) in [7, 11) is 0. The van der Waals surface area contributed by atoms with Crippen LogP contribution < -0.4 is 5.32 Å². The maximum absolute atomic E-state index is 14.2. The van der Waals surface area contributed by atoms with Crippen molar-refractivity contribution >= 4 is 21.4 Å². The molecule has 2 heterocycles. The summed E-state index contributed by atoms with van der Waals surface area (Å²) in [6, 6.07) is 5.23. The van der Waals surface area contributed by atoms with Crippen LogP contribution in [0.3, 0.4) is 0 Å². The highest BCUT2D eigenvalue weighted by atomic mass is 32.1. The second-order valence-electron chi connectivity index (χ2n) is 4.49. The summed E-state index contributed by atoms with van der Waals surface area (Å²) in [6.45, 7) is 4.24. The average Bonchev–Trinajstić information content (AvgIpc) is 3.06. The molecule has 0 saturated heterocycles. The summed E-state index contributed by atoms with van der Waals surface area (Å²) < 4.78 is 16.9. The van der Waals surface area contributed by atoms with Gasteiger partial charge in [0, 0.05) is 21.5 Å². The molecule has 0 atom stereocenters. The van der Waals surface area contributed by atoms with Crippen molar-refractivity contribution in [3.05, 3.63) is 47.1 Å². The first-order valence-electron chi connectivity index (χ1n) is 6.51. The molecule has 0 unspecified atom stereocenters. The fraction of sp³-hybridized carbons (Fsp3) is 0.286. The SMILES string of the molecule is CCNCc1sc2cccc(F)c2c1Cn1cncn1. The topological polar surface area (TPSA) is 42.7 Å². The molecule has 0 aliphatic heterocycles. The average molecular weight is 290 g/mol. The smallest absolute Gasteiger partial charge is 0.137 e. The lowest BCUT2D eigenvalue weighted by atomic mass is 10.1. The van der Waals surface area contributed by atoms with Crippen LogP contribution in [0.4, 0.5) is 4.39 Å². The molecule has 4 nitrogen and oxygen atoms in total. The molecule has 0 saturated carbocycles. The van der Waals surface area contributed by atoms with E-state index in [4.69, 9.17) is 0 Å². The lowest BCUT2D eigenvalue weighted by Gasteiger charge is -2.05. The molecule has 0 aliphatic carbocycles. The van der Waals surface area contributed by atoms with Crippen molar-refractivity contribution < 1.29 is 4.39 Å². The van der Waals surface area contributed by atoms with E-state index in [1.54, 1.807) is 28.4 Å². The zero-order valence-electron chi connectivity index (χ0n) is 11.1. The highest BCUT2D eigenvalue weighted by Gasteiger charge is 2.15. The Kier molecular flexibility index (Phi) is 3.75. The van der Waals surface area contributed by atoms with Gasteiger partial charge in [0.05, 0.1) is 6.54 Å². The van der Waals surface area contributed by atoms with Crippen LogP contribution in [0.1, 0.15) is 17.4 Å². The summed E-state index contributed by atoms with van der Waals surface area (Å²) in [6.07, 6.45) is 3.15. The standard InChI is InChI=1S/C14H15FN4S/c1-2-16-6-13-10(7-19-9-17-8-18-19)14-11(15)4-3-5-12(14)20-13/h3-5,8-9,16H,2,6-7H2,1H3. The number of benzene rings is 1. The molecule has 0 radical (unpaired) electrons. The molecule has 1 N–H and O–H groups in total. The van der Waals surface area contributed by atoms with E-state index >= 15 is 0 Å². The van der Waals surface area contributed by atoms with Gasteiger partial charge in [0.15, 0.2) is 0 Å². The quantitative estimate of drug-likeness (QED) is 0.785. The number of hydrogen-bond acceptors (Lipinski definition) is 4. The van der Waals surface area contributed by atoms with Crippen molar-refractivity contribution in [1.82, 2.24) is 20.1 Å². The molecule has 0 fully saturated rings. The van der Waals surface area contributed by atoms with E-state index in [9.17, 15) is 4.39 Å². The normalized spacial score (nSPS) is 11.3. The van der Waals surface area contributed by atoms with Gasteiger partial charge >= 0.3 is 0 Å². The summed E-state index contributed by atoms with van der Waals surface area (Å²) in [4.78, 5) is 5.10. The van der Waals surface area contributed by atoms with Crippen LogP contribution in [0, 0.1) is 5.82 Å². The Morgan fingerprint density at radius 3 is 3.05 bits per heavy atom. The van der Waals surface area contributed by atoms with E-state index in [1.165, 1.54) is 12.4 Å². The predicted molar refractivity (Wildman–Crippen MR) is 78.3 cm³/mol. The highest BCUT2D eigenvalue weighted by Crippen LogP contribution is 2.33. The first-order chi connectivity index (χ1) is 9.79. The summed E-state index contributed by atoms with van der Waals surface area (Å²) in [5, 5.41) is 8.13. The molecule has 3 rings (SSSR count). The summed E-state index contributed by atoms with van der Waals surface area (Å²) in [5.41, 5.74) is 0.995. The molecule has 20 heavy (non-hydrogen) atoms. The van der Waals surface area contributed by atoms with E-state index < -0.39 is 0 Å². The van der Waals surface area contributed by atoms with E-state index in [-0.39, 0.29) is 5.82 Å². The van der Waals surface area contributed by atoms with Crippen LogP contribution in [0.15, 0.2) is 30.9 Å². The highest BCUT2D eigenvalue weighted by molar-refractivity contribution is 7.19. The van der Waals surface area contributed by atoms with Crippen molar-refractivity contribution in [2.24, 2.45) is 0 Å². The second-order valence-corrected chi connectivity index (χ2v) is 5.63. The number of halogens is 1. The van der Waals surface area contributed by atoms with Gasteiger partial charge in [-0.05, 0) is 24.2 Å². The molecule has 0 aliphatic rings. The first-order valence-corrected chi connectivity index (χ1v) is 7.33. The molecule has 0 spiro atoms. The molecule has 6 heteroatoms. The summed E-state index contributed by atoms with van der Waals surface area (Å²) >= 11 is 1.64. The zero-order chi connectivity index (χ0) is 13.9. The van der Waals surface area contributed by atoms with Gasteiger partial charge in [-0.1, -0.05) is 13.0 Å². The van der Waals surface area contributed by atoms with Crippen molar-refractivity contribution in [3.63, 3.8) is 0 Å². The van der Waals surface area contributed by atoms with Gasteiger partial charge in [0.25, 0.3) is 0 Å². The lowest BCUT2D eigenvalue weighted by molar-refractivity contribution is 0.633. The Balaban J connectivity index is 2.09. The Bertz CT molecular complexity index is 705. The number of aromatic nitrogens is 3. The molecular formula is C14H15FN4S. The second kappa shape index (κ2) is 5.68. The molecule has 2 aromatic heterocycles. The Labute approximate surface area is 120 Å². The van der Waals surface area contributed by atoms with Crippen LogP contribution in [0.5, 0.6) is 0 Å². The fourth-order valence-corrected chi connectivity index (χ4v) is 3.44. The van der Waals surface area contributed by atoms with E-state index in [0.717, 1.165) is 28.2 Å². The molecule has 0 amide bonds. The van der Waals surface area contributed by atoms with Gasteiger partial charge in [0.2, 0.25) is 0 Å². The minimum Gasteiger partial charge on any atom is -0.312 e. The first kappa shape index (κ1) is 13.2. The number of nitrogens with one attached hydrogen (secondary N) is 1. The molecular weight excluding hydrogens is 275 g/mol. The largest absolute Gasteiger partial charge is 0.312 e. The van der Waals surface area contributed by atoms with Gasteiger partial charge < -0.3 is 5.32 Å². The molecule has 104 valence electrons. The lowest BCUT2D eigenvalue weighted by Crippen LogP contribution is -2.13. The van der Waals surface area contributed by atoms with E-state index in [0.29, 0.717) is 11.9 Å². The predicted octanol–water partition coefficient (Wildman–Crippen LogP) is 2.79. The Morgan fingerprint density at radius 1 is 1.40 bits per heavy atom. The Hall–Kier alpha value is -1.79. The third kappa shape index (κ3) is 2.44. The molecule has 1 aromatic carbocycles. The minimum atomic E-state index is -0.170. The maximum atomic E-state index is 14.2.